The van der Waals surface area contributed by atoms with Crippen LogP contribution in [0.15, 0.2) is 54.6 Å². The van der Waals surface area contributed by atoms with Gasteiger partial charge in [0, 0.05) is 13.2 Å². The van der Waals surface area contributed by atoms with E-state index < -0.39 is 0 Å². The van der Waals surface area contributed by atoms with Crippen LogP contribution < -0.4 is 14.8 Å². The molecular formula is C20H23NO4. The number of hydrogen-bond donors (Lipinski definition) is 1. The highest BCUT2D eigenvalue weighted by Crippen LogP contribution is 2.16. The third kappa shape index (κ3) is 5.80. The topological polar surface area (TPSA) is 56.8 Å². The van der Waals surface area contributed by atoms with Gasteiger partial charge in [0.2, 0.25) is 0 Å². The van der Waals surface area contributed by atoms with E-state index in [2.05, 4.69) is 5.32 Å². The smallest absolute Gasteiger partial charge is 0.258 e. The average molecular weight is 341 g/mol. The second-order valence-corrected chi connectivity index (χ2v) is 5.97. The van der Waals surface area contributed by atoms with Crippen molar-refractivity contribution in [2.75, 3.05) is 19.8 Å². The van der Waals surface area contributed by atoms with Crippen LogP contribution in [0.5, 0.6) is 11.5 Å². The van der Waals surface area contributed by atoms with Crippen LogP contribution in [-0.4, -0.2) is 31.8 Å². The Morgan fingerprint density at radius 3 is 2.52 bits per heavy atom. The number of carbonyl (C=O) groups is 1. The highest BCUT2D eigenvalue weighted by molar-refractivity contribution is 5.77. The van der Waals surface area contributed by atoms with Crippen molar-refractivity contribution in [3.63, 3.8) is 0 Å². The Hall–Kier alpha value is -2.53. The zero-order valence-electron chi connectivity index (χ0n) is 14.1. The molecule has 5 heteroatoms. The van der Waals surface area contributed by atoms with E-state index in [-0.39, 0.29) is 18.6 Å². The van der Waals surface area contributed by atoms with Gasteiger partial charge in [-0.05, 0) is 42.7 Å². The summed E-state index contributed by atoms with van der Waals surface area (Å²) in [6.45, 7) is 1.89. The van der Waals surface area contributed by atoms with Crippen LogP contribution in [0.25, 0.3) is 0 Å². The van der Waals surface area contributed by atoms with Gasteiger partial charge in [0.15, 0.2) is 6.61 Å². The molecule has 1 fully saturated rings. The fourth-order valence-electron chi connectivity index (χ4n) is 2.59. The van der Waals surface area contributed by atoms with Gasteiger partial charge in [0.05, 0.1) is 6.10 Å². The minimum atomic E-state index is -0.150. The molecule has 25 heavy (non-hydrogen) atoms. The van der Waals surface area contributed by atoms with E-state index in [4.69, 9.17) is 14.2 Å². The summed E-state index contributed by atoms with van der Waals surface area (Å²) in [7, 11) is 0. The number of benzene rings is 2. The number of hydrogen-bond acceptors (Lipinski definition) is 4. The van der Waals surface area contributed by atoms with Crippen LogP contribution in [0, 0.1) is 0 Å². The molecule has 0 saturated carbocycles. The lowest BCUT2D eigenvalue weighted by Gasteiger charge is -2.12. The standard InChI is InChI=1S/C20H23NO4/c22-20(15-25-17-5-2-1-3-6-17)21-13-16-8-10-18(11-9-16)24-14-19-7-4-12-23-19/h1-3,5-6,8-11,19H,4,7,12-15H2,(H,21,22)/t19-/m1/s1. The van der Waals surface area contributed by atoms with Gasteiger partial charge in [0.25, 0.3) is 5.91 Å². The summed E-state index contributed by atoms with van der Waals surface area (Å²) in [5.41, 5.74) is 1.01. The molecule has 2 aromatic carbocycles. The molecule has 1 amide bonds. The molecular weight excluding hydrogens is 318 g/mol. The second-order valence-electron chi connectivity index (χ2n) is 5.97. The molecule has 1 atom stereocenters. The highest BCUT2D eigenvalue weighted by atomic mass is 16.5. The number of rotatable bonds is 8. The lowest BCUT2D eigenvalue weighted by Crippen LogP contribution is -2.28. The highest BCUT2D eigenvalue weighted by Gasteiger charge is 2.15. The largest absolute Gasteiger partial charge is 0.491 e. The quantitative estimate of drug-likeness (QED) is 0.802. The third-order valence-electron chi connectivity index (χ3n) is 3.99. The first-order valence-electron chi connectivity index (χ1n) is 8.57. The normalized spacial score (nSPS) is 16.4. The molecule has 5 nitrogen and oxygen atoms in total. The lowest BCUT2D eigenvalue weighted by atomic mass is 10.2. The first-order valence-corrected chi connectivity index (χ1v) is 8.57. The van der Waals surface area contributed by atoms with Crippen molar-refractivity contribution >= 4 is 5.91 Å². The van der Waals surface area contributed by atoms with Crippen LogP contribution in [0.2, 0.25) is 0 Å². The molecule has 0 aliphatic carbocycles. The zero-order valence-corrected chi connectivity index (χ0v) is 14.1. The summed E-state index contributed by atoms with van der Waals surface area (Å²) in [6, 6.07) is 17.0. The maximum absolute atomic E-state index is 11.8. The summed E-state index contributed by atoms with van der Waals surface area (Å²) < 4.78 is 16.7. The van der Waals surface area contributed by atoms with E-state index in [1.54, 1.807) is 0 Å². The Balaban J connectivity index is 1.36. The van der Waals surface area contributed by atoms with Gasteiger partial charge in [0.1, 0.15) is 18.1 Å². The van der Waals surface area contributed by atoms with Crippen molar-refractivity contribution in [2.45, 2.75) is 25.5 Å². The summed E-state index contributed by atoms with van der Waals surface area (Å²) in [6.07, 6.45) is 2.39. The monoisotopic (exact) mass is 341 g/mol. The van der Waals surface area contributed by atoms with Gasteiger partial charge < -0.3 is 19.5 Å². The van der Waals surface area contributed by atoms with Gasteiger partial charge in [-0.15, -0.1) is 0 Å². The van der Waals surface area contributed by atoms with Crippen LogP contribution in [-0.2, 0) is 16.1 Å². The fraction of sp³-hybridized carbons (Fsp3) is 0.350. The van der Waals surface area contributed by atoms with Gasteiger partial charge in [-0.2, -0.15) is 0 Å². The van der Waals surface area contributed by atoms with Crippen molar-refractivity contribution in [3.05, 3.63) is 60.2 Å². The molecule has 1 aliphatic heterocycles. The van der Waals surface area contributed by atoms with E-state index in [9.17, 15) is 4.79 Å². The molecule has 2 aromatic rings. The predicted octanol–water partition coefficient (Wildman–Crippen LogP) is 2.94. The number of nitrogens with one attached hydrogen (secondary N) is 1. The number of ether oxygens (including phenoxy) is 3. The molecule has 1 heterocycles. The second kappa shape index (κ2) is 9.08. The van der Waals surface area contributed by atoms with Crippen molar-refractivity contribution in [1.82, 2.24) is 5.32 Å². The van der Waals surface area contributed by atoms with E-state index in [0.29, 0.717) is 18.9 Å². The molecule has 1 saturated heterocycles. The minimum Gasteiger partial charge on any atom is -0.491 e. The average Bonchev–Trinajstić information content (AvgIpc) is 3.18. The number of para-hydroxylation sites is 1. The summed E-state index contributed by atoms with van der Waals surface area (Å²) >= 11 is 0. The van der Waals surface area contributed by atoms with Crippen LogP contribution in [0.1, 0.15) is 18.4 Å². The lowest BCUT2D eigenvalue weighted by molar-refractivity contribution is -0.123. The Kier molecular flexibility index (Phi) is 6.29. The SMILES string of the molecule is O=C(COc1ccccc1)NCc1ccc(OC[C@H]2CCCO2)cc1. The number of carbonyl (C=O) groups excluding carboxylic acids is 1. The van der Waals surface area contributed by atoms with E-state index in [1.165, 1.54) is 0 Å². The number of amides is 1. The van der Waals surface area contributed by atoms with Gasteiger partial charge in [-0.3, -0.25) is 4.79 Å². The first-order chi connectivity index (χ1) is 12.3. The maximum Gasteiger partial charge on any atom is 0.258 e. The molecule has 1 aliphatic rings. The molecule has 0 unspecified atom stereocenters. The Bertz CT molecular complexity index is 651. The Morgan fingerprint density at radius 2 is 1.80 bits per heavy atom. The van der Waals surface area contributed by atoms with Gasteiger partial charge in [-0.25, -0.2) is 0 Å². The Morgan fingerprint density at radius 1 is 1.04 bits per heavy atom. The molecule has 0 radical (unpaired) electrons. The molecule has 1 N–H and O–H groups in total. The van der Waals surface area contributed by atoms with Gasteiger partial charge >= 0.3 is 0 Å². The molecule has 3 rings (SSSR count). The summed E-state index contributed by atoms with van der Waals surface area (Å²) in [5.74, 6) is 1.35. The maximum atomic E-state index is 11.8. The van der Waals surface area contributed by atoms with Crippen LogP contribution >= 0.6 is 0 Å². The van der Waals surface area contributed by atoms with Crippen molar-refractivity contribution < 1.29 is 19.0 Å². The first kappa shape index (κ1) is 17.3. The molecule has 132 valence electrons. The van der Waals surface area contributed by atoms with Crippen LogP contribution in [0.4, 0.5) is 0 Å². The van der Waals surface area contributed by atoms with Crippen molar-refractivity contribution in [3.8, 4) is 11.5 Å². The van der Waals surface area contributed by atoms with Crippen LogP contribution in [0.3, 0.4) is 0 Å². The van der Waals surface area contributed by atoms with Crippen molar-refractivity contribution in [2.24, 2.45) is 0 Å². The van der Waals surface area contributed by atoms with E-state index in [1.807, 2.05) is 54.6 Å². The summed E-state index contributed by atoms with van der Waals surface area (Å²) in [4.78, 5) is 11.8. The van der Waals surface area contributed by atoms with E-state index in [0.717, 1.165) is 30.8 Å². The summed E-state index contributed by atoms with van der Waals surface area (Å²) in [5, 5.41) is 2.84. The third-order valence-corrected chi connectivity index (χ3v) is 3.99. The fourth-order valence-corrected chi connectivity index (χ4v) is 2.59. The molecule has 0 spiro atoms. The molecule has 0 bridgehead atoms. The predicted molar refractivity (Wildman–Crippen MR) is 94.7 cm³/mol. The Labute approximate surface area is 147 Å². The van der Waals surface area contributed by atoms with E-state index >= 15 is 0 Å². The minimum absolute atomic E-state index is 0.00654. The molecule has 0 aromatic heterocycles. The van der Waals surface area contributed by atoms with Gasteiger partial charge in [-0.1, -0.05) is 30.3 Å². The zero-order chi connectivity index (χ0) is 17.3. The van der Waals surface area contributed by atoms with Crippen molar-refractivity contribution in [1.29, 1.82) is 0 Å².